The molecule has 0 aliphatic carbocycles. The van der Waals surface area contributed by atoms with Crippen LogP contribution < -0.4 is 14.8 Å². The largest absolute Gasteiger partial charge is 0.496 e. The van der Waals surface area contributed by atoms with Crippen LogP contribution in [0.2, 0.25) is 0 Å². The first-order valence-corrected chi connectivity index (χ1v) is 9.75. The van der Waals surface area contributed by atoms with E-state index in [1.54, 1.807) is 32.2 Å². The summed E-state index contributed by atoms with van der Waals surface area (Å²) in [5, 5.41) is 9.32. The van der Waals surface area contributed by atoms with Gasteiger partial charge in [0.15, 0.2) is 5.82 Å². The van der Waals surface area contributed by atoms with Gasteiger partial charge in [-0.25, -0.2) is 13.1 Å². The van der Waals surface area contributed by atoms with Crippen molar-refractivity contribution in [2.75, 3.05) is 19.5 Å². The zero-order valence-corrected chi connectivity index (χ0v) is 16.3. The smallest absolute Gasteiger partial charge is 0.258 e. The van der Waals surface area contributed by atoms with Crippen LogP contribution in [0.5, 0.6) is 5.75 Å². The molecule has 0 unspecified atom stereocenters. The van der Waals surface area contributed by atoms with Crippen LogP contribution in [0, 0.1) is 6.92 Å². The van der Waals surface area contributed by atoms with Gasteiger partial charge in [0.1, 0.15) is 5.75 Å². The first-order chi connectivity index (χ1) is 13.4. The third-order valence-corrected chi connectivity index (χ3v) is 5.52. The average molecular weight is 401 g/mol. The molecule has 10 heteroatoms. The summed E-state index contributed by atoms with van der Waals surface area (Å²) in [6, 6.07) is 11.6. The van der Waals surface area contributed by atoms with Gasteiger partial charge < -0.3 is 4.74 Å². The number of hydrogen-bond acceptors (Lipinski definition) is 6. The highest BCUT2D eigenvalue weighted by Crippen LogP contribution is 2.27. The fourth-order valence-corrected chi connectivity index (χ4v) is 3.33. The monoisotopic (exact) mass is 401 g/mol. The van der Waals surface area contributed by atoms with E-state index in [4.69, 9.17) is 4.74 Å². The first-order valence-electron chi connectivity index (χ1n) is 8.27. The Balaban J connectivity index is 1.87. The average Bonchev–Trinajstić information content (AvgIpc) is 3.16. The summed E-state index contributed by atoms with van der Waals surface area (Å²) in [5.74, 6) is 0.580. The number of aromatic amines is 1. The van der Waals surface area contributed by atoms with E-state index in [0.29, 0.717) is 22.7 Å². The highest BCUT2D eigenvalue weighted by atomic mass is 32.2. The number of aryl methyl sites for hydroxylation is 1. The van der Waals surface area contributed by atoms with Crippen molar-refractivity contribution in [2.24, 2.45) is 0 Å². The number of benzene rings is 2. The van der Waals surface area contributed by atoms with E-state index in [9.17, 15) is 13.2 Å². The lowest BCUT2D eigenvalue weighted by molar-refractivity contribution is 0.102. The Morgan fingerprint density at radius 2 is 1.93 bits per heavy atom. The fraction of sp³-hybridized carbons (Fsp3) is 0.167. The zero-order valence-electron chi connectivity index (χ0n) is 15.5. The van der Waals surface area contributed by atoms with E-state index in [0.717, 1.165) is 0 Å². The van der Waals surface area contributed by atoms with Crippen LogP contribution in [0.3, 0.4) is 0 Å². The third-order valence-electron chi connectivity index (χ3n) is 4.11. The summed E-state index contributed by atoms with van der Waals surface area (Å²) in [6.45, 7) is 1.71. The minimum atomic E-state index is -3.66. The van der Waals surface area contributed by atoms with E-state index in [1.165, 1.54) is 19.2 Å². The number of carbonyl (C=O) groups excluding carboxylic acids is 1. The molecule has 0 saturated carbocycles. The number of anilines is 1. The number of sulfonamides is 1. The Bertz CT molecular complexity index is 1120. The number of carbonyl (C=O) groups is 1. The first kappa shape index (κ1) is 19.5. The second-order valence-corrected chi connectivity index (χ2v) is 7.73. The van der Waals surface area contributed by atoms with Gasteiger partial charge in [0.25, 0.3) is 5.91 Å². The minimum Gasteiger partial charge on any atom is -0.496 e. The van der Waals surface area contributed by atoms with E-state index in [2.05, 4.69) is 25.2 Å². The fourth-order valence-electron chi connectivity index (χ4n) is 2.58. The number of aromatic nitrogens is 3. The van der Waals surface area contributed by atoms with Gasteiger partial charge in [0, 0.05) is 5.56 Å². The van der Waals surface area contributed by atoms with Gasteiger partial charge in [-0.15, -0.1) is 5.10 Å². The van der Waals surface area contributed by atoms with Gasteiger partial charge in [-0.05, 0) is 43.8 Å². The lowest BCUT2D eigenvalue weighted by Crippen LogP contribution is -2.20. The van der Waals surface area contributed by atoms with Gasteiger partial charge in [-0.2, -0.15) is 4.98 Å². The van der Waals surface area contributed by atoms with Gasteiger partial charge in [-0.1, -0.05) is 18.2 Å². The normalized spacial score (nSPS) is 11.2. The molecule has 0 aliphatic heterocycles. The quantitative estimate of drug-likeness (QED) is 0.580. The molecule has 1 aromatic heterocycles. The summed E-state index contributed by atoms with van der Waals surface area (Å²) in [7, 11) is -0.809. The van der Waals surface area contributed by atoms with Crippen LogP contribution in [-0.2, 0) is 10.0 Å². The van der Waals surface area contributed by atoms with E-state index < -0.39 is 15.9 Å². The van der Waals surface area contributed by atoms with Crippen molar-refractivity contribution in [3.05, 3.63) is 53.6 Å². The molecular weight excluding hydrogens is 382 g/mol. The molecule has 0 atom stereocenters. The van der Waals surface area contributed by atoms with Crippen LogP contribution in [0.4, 0.5) is 5.95 Å². The molecule has 3 rings (SSSR count). The van der Waals surface area contributed by atoms with Gasteiger partial charge in [-0.3, -0.25) is 15.2 Å². The number of nitrogens with one attached hydrogen (secondary N) is 3. The van der Waals surface area contributed by atoms with E-state index >= 15 is 0 Å². The Labute approximate surface area is 162 Å². The molecule has 28 heavy (non-hydrogen) atoms. The summed E-state index contributed by atoms with van der Waals surface area (Å²) in [4.78, 5) is 16.9. The minimum absolute atomic E-state index is 0.00421. The summed E-state index contributed by atoms with van der Waals surface area (Å²) >= 11 is 0. The number of hydrogen-bond donors (Lipinski definition) is 3. The number of amides is 1. The number of nitrogens with zero attached hydrogens (tertiary/aromatic N) is 2. The predicted molar refractivity (Wildman–Crippen MR) is 104 cm³/mol. The molecule has 2 aromatic carbocycles. The molecule has 0 aliphatic rings. The predicted octanol–water partition coefficient (Wildman–Crippen LogP) is 1.95. The molecule has 0 bridgehead atoms. The Morgan fingerprint density at radius 1 is 1.18 bits per heavy atom. The highest BCUT2D eigenvalue weighted by Gasteiger charge is 2.18. The van der Waals surface area contributed by atoms with Crippen LogP contribution in [0.25, 0.3) is 11.4 Å². The molecule has 3 aromatic rings. The molecule has 0 fully saturated rings. The van der Waals surface area contributed by atoms with Crippen molar-refractivity contribution < 1.29 is 17.9 Å². The molecule has 1 heterocycles. The molecule has 9 nitrogen and oxygen atoms in total. The number of ether oxygens (including phenoxy) is 1. The van der Waals surface area contributed by atoms with Crippen LogP contribution in [0.1, 0.15) is 15.9 Å². The Hall–Kier alpha value is -3.24. The van der Waals surface area contributed by atoms with Crippen molar-refractivity contribution in [2.45, 2.75) is 11.8 Å². The summed E-state index contributed by atoms with van der Waals surface area (Å²) < 4.78 is 31.5. The number of H-pyrrole nitrogens is 1. The highest BCUT2D eigenvalue weighted by molar-refractivity contribution is 7.89. The van der Waals surface area contributed by atoms with Crippen molar-refractivity contribution in [3.63, 3.8) is 0 Å². The van der Waals surface area contributed by atoms with Crippen LogP contribution in [-0.4, -0.2) is 43.7 Å². The summed E-state index contributed by atoms with van der Waals surface area (Å²) in [5.41, 5.74) is 1.52. The van der Waals surface area contributed by atoms with Crippen molar-refractivity contribution in [1.82, 2.24) is 19.9 Å². The SMILES string of the molecule is CNS(=O)(=O)c1ccc(C)c(C(=O)Nc2n[nH]c(-c3ccccc3OC)n2)c1. The molecule has 3 N–H and O–H groups in total. The lowest BCUT2D eigenvalue weighted by Gasteiger charge is -2.08. The third kappa shape index (κ3) is 3.87. The molecule has 146 valence electrons. The molecule has 0 spiro atoms. The van der Waals surface area contributed by atoms with Crippen LogP contribution in [0.15, 0.2) is 47.4 Å². The van der Waals surface area contributed by atoms with Crippen molar-refractivity contribution in [3.8, 4) is 17.1 Å². The second kappa shape index (κ2) is 7.79. The standard InChI is InChI=1S/C18H19N5O4S/c1-11-8-9-12(28(25,26)19-2)10-14(11)17(24)21-18-20-16(22-23-18)13-6-4-5-7-15(13)27-3/h4-10,19H,1-3H3,(H2,20,21,22,23,24). The second-order valence-electron chi connectivity index (χ2n) is 5.85. The van der Waals surface area contributed by atoms with Gasteiger partial charge in [0.05, 0.1) is 17.6 Å². The van der Waals surface area contributed by atoms with E-state index in [1.807, 2.05) is 12.1 Å². The number of para-hydroxylation sites is 1. The molecular formula is C18H19N5O4S. The molecule has 0 radical (unpaired) electrons. The topological polar surface area (TPSA) is 126 Å². The van der Waals surface area contributed by atoms with Crippen molar-refractivity contribution in [1.29, 1.82) is 0 Å². The van der Waals surface area contributed by atoms with Crippen molar-refractivity contribution >= 4 is 21.9 Å². The molecule has 0 saturated heterocycles. The maximum absolute atomic E-state index is 12.6. The lowest BCUT2D eigenvalue weighted by atomic mass is 10.1. The maximum atomic E-state index is 12.6. The maximum Gasteiger partial charge on any atom is 0.258 e. The Morgan fingerprint density at radius 3 is 2.64 bits per heavy atom. The van der Waals surface area contributed by atoms with Gasteiger partial charge >= 0.3 is 0 Å². The summed E-state index contributed by atoms with van der Waals surface area (Å²) in [6.07, 6.45) is 0. The van der Waals surface area contributed by atoms with E-state index in [-0.39, 0.29) is 16.4 Å². The number of methoxy groups -OCH3 is 1. The Kier molecular flexibility index (Phi) is 5.43. The van der Waals surface area contributed by atoms with Gasteiger partial charge in [0.2, 0.25) is 16.0 Å². The molecule has 1 amide bonds. The van der Waals surface area contributed by atoms with Crippen LogP contribution >= 0.6 is 0 Å². The number of rotatable bonds is 6. The zero-order chi connectivity index (χ0) is 20.3.